The number of amides is 1. The molecule has 98 valence electrons. The second-order valence-electron chi connectivity index (χ2n) is 5.12. The third-order valence-corrected chi connectivity index (χ3v) is 3.56. The van der Waals surface area contributed by atoms with Crippen LogP contribution in [0, 0.1) is 13.8 Å². The van der Waals surface area contributed by atoms with Gasteiger partial charge in [-0.1, -0.05) is 18.9 Å². The Balaban J connectivity index is 2.22. The van der Waals surface area contributed by atoms with E-state index in [4.69, 9.17) is 4.74 Å². The van der Waals surface area contributed by atoms with Gasteiger partial charge in [0.25, 0.3) is 5.91 Å². The number of ether oxygens (including phenoxy) is 1. The maximum Gasteiger partial charge on any atom is 0.255 e. The SMILES string of the molecule is COc1c(C)cc(C)cc1C(=O)NC1CCCC1. The molecule has 0 atom stereocenters. The van der Waals surface area contributed by atoms with E-state index in [1.807, 2.05) is 26.0 Å². The van der Waals surface area contributed by atoms with E-state index in [-0.39, 0.29) is 5.91 Å². The Bertz CT molecular complexity index is 448. The van der Waals surface area contributed by atoms with Crippen molar-refractivity contribution in [1.82, 2.24) is 5.32 Å². The Morgan fingerprint density at radius 1 is 1.28 bits per heavy atom. The van der Waals surface area contributed by atoms with Crippen molar-refractivity contribution in [1.29, 1.82) is 0 Å². The van der Waals surface area contributed by atoms with Crippen molar-refractivity contribution >= 4 is 5.91 Å². The third-order valence-electron chi connectivity index (χ3n) is 3.56. The van der Waals surface area contributed by atoms with Crippen LogP contribution in [-0.2, 0) is 0 Å². The molecule has 1 aromatic rings. The van der Waals surface area contributed by atoms with Crippen LogP contribution in [0.15, 0.2) is 12.1 Å². The number of hydrogen-bond acceptors (Lipinski definition) is 2. The highest BCUT2D eigenvalue weighted by Gasteiger charge is 2.21. The van der Waals surface area contributed by atoms with Crippen LogP contribution in [0.1, 0.15) is 47.2 Å². The molecule has 0 bridgehead atoms. The highest BCUT2D eigenvalue weighted by Crippen LogP contribution is 2.26. The number of methoxy groups -OCH3 is 1. The zero-order valence-electron chi connectivity index (χ0n) is 11.4. The van der Waals surface area contributed by atoms with Gasteiger partial charge in [0.05, 0.1) is 12.7 Å². The quantitative estimate of drug-likeness (QED) is 0.891. The zero-order chi connectivity index (χ0) is 13.1. The molecule has 1 amide bonds. The Hall–Kier alpha value is -1.51. The summed E-state index contributed by atoms with van der Waals surface area (Å²) in [7, 11) is 1.62. The minimum atomic E-state index is -0.00875. The largest absolute Gasteiger partial charge is 0.496 e. The van der Waals surface area contributed by atoms with Gasteiger partial charge in [0.2, 0.25) is 0 Å². The highest BCUT2D eigenvalue weighted by atomic mass is 16.5. The minimum absolute atomic E-state index is 0.00875. The fraction of sp³-hybridized carbons (Fsp3) is 0.533. The van der Waals surface area contributed by atoms with Crippen LogP contribution in [0.25, 0.3) is 0 Å². The number of hydrogen-bond donors (Lipinski definition) is 1. The Kier molecular flexibility index (Phi) is 3.90. The number of aryl methyl sites for hydroxylation is 2. The van der Waals surface area contributed by atoms with Gasteiger partial charge in [-0.05, 0) is 43.9 Å². The lowest BCUT2D eigenvalue weighted by Gasteiger charge is -2.16. The normalized spacial score (nSPS) is 15.7. The number of benzene rings is 1. The van der Waals surface area contributed by atoms with E-state index in [1.165, 1.54) is 12.8 Å². The van der Waals surface area contributed by atoms with Crippen LogP contribution < -0.4 is 10.1 Å². The molecule has 1 aliphatic rings. The van der Waals surface area contributed by atoms with Gasteiger partial charge in [0.15, 0.2) is 0 Å². The lowest BCUT2D eigenvalue weighted by Crippen LogP contribution is -2.33. The van der Waals surface area contributed by atoms with E-state index in [9.17, 15) is 4.79 Å². The second-order valence-corrected chi connectivity index (χ2v) is 5.12. The summed E-state index contributed by atoms with van der Waals surface area (Å²) in [5, 5.41) is 3.11. The first-order chi connectivity index (χ1) is 8.61. The average molecular weight is 247 g/mol. The summed E-state index contributed by atoms with van der Waals surface area (Å²) >= 11 is 0. The summed E-state index contributed by atoms with van der Waals surface area (Å²) in [4.78, 5) is 12.3. The molecule has 3 heteroatoms. The van der Waals surface area contributed by atoms with Crippen molar-refractivity contribution in [3.05, 3.63) is 28.8 Å². The Labute approximate surface area is 109 Å². The molecule has 2 rings (SSSR count). The summed E-state index contributed by atoms with van der Waals surface area (Å²) in [6, 6.07) is 4.27. The summed E-state index contributed by atoms with van der Waals surface area (Å²) < 4.78 is 5.36. The van der Waals surface area contributed by atoms with E-state index < -0.39 is 0 Å². The molecule has 1 fully saturated rings. The number of nitrogens with one attached hydrogen (secondary N) is 1. The van der Waals surface area contributed by atoms with Gasteiger partial charge in [-0.2, -0.15) is 0 Å². The third kappa shape index (κ3) is 2.66. The summed E-state index contributed by atoms with van der Waals surface area (Å²) in [5.74, 6) is 0.682. The van der Waals surface area contributed by atoms with Crippen LogP contribution in [-0.4, -0.2) is 19.1 Å². The molecular weight excluding hydrogens is 226 g/mol. The zero-order valence-corrected chi connectivity index (χ0v) is 11.4. The fourth-order valence-electron chi connectivity index (χ4n) is 2.73. The second kappa shape index (κ2) is 5.42. The molecule has 1 saturated carbocycles. The van der Waals surface area contributed by atoms with Crippen LogP contribution in [0.5, 0.6) is 5.75 Å². The van der Waals surface area contributed by atoms with E-state index in [0.717, 1.165) is 24.0 Å². The number of carbonyl (C=O) groups excluding carboxylic acids is 1. The Morgan fingerprint density at radius 2 is 1.94 bits per heavy atom. The van der Waals surface area contributed by atoms with Crippen LogP contribution in [0.2, 0.25) is 0 Å². The van der Waals surface area contributed by atoms with Crippen molar-refractivity contribution < 1.29 is 9.53 Å². The standard InChI is InChI=1S/C15H21NO2/c1-10-8-11(2)14(18-3)13(9-10)15(17)16-12-6-4-5-7-12/h8-9,12H,4-7H2,1-3H3,(H,16,17). The molecule has 1 aromatic carbocycles. The first-order valence-electron chi connectivity index (χ1n) is 6.58. The molecule has 0 aliphatic heterocycles. The van der Waals surface area contributed by atoms with Gasteiger partial charge >= 0.3 is 0 Å². The topological polar surface area (TPSA) is 38.3 Å². The molecule has 0 spiro atoms. The minimum Gasteiger partial charge on any atom is -0.496 e. The molecule has 0 radical (unpaired) electrons. The van der Waals surface area contributed by atoms with E-state index in [0.29, 0.717) is 17.4 Å². The number of rotatable bonds is 3. The van der Waals surface area contributed by atoms with Gasteiger partial charge in [-0.3, -0.25) is 4.79 Å². The van der Waals surface area contributed by atoms with E-state index >= 15 is 0 Å². The van der Waals surface area contributed by atoms with Gasteiger partial charge < -0.3 is 10.1 Å². The van der Waals surface area contributed by atoms with Gasteiger partial charge in [-0.25, -0.2) is 0 Å². The first-order valence-corrected chi connectivity index (χ1v) is 6.58. The molecule has 0 unspecified atom stereocenters. The van der Waals surface area contributed by atoms with Crippen molar-refractivity contribution in [2.45, 2.75) is 45.6 Å². The van der Waals surface area contributed by atoms with Crippen molar-refractivity contribution in [3.8, 4) is 5.75 Å². The van der Waals surface area contributed by atoms with Crippen LogP contribution >= 0.6 is 0 Å². The van der Waals surface area contributed by atoms with Crippen LogP contribution in [0.4, 0.5) is 0 Å². The predicted octanol–water partition coefficient (Wildman–Crippen LogP) is 2.98. The fourth-order valence-corrected chi connectivity index (χ4v) is 2.73. The number of carbonyl (C=O) groups is 1. The molecule has 0 aromatic heterocycles. The monoisotopic (exact) mass is 247 g/mol. The van der Waals surface area contributed by atoms with Gasteiger partial charge in [-0.15, -0.1) is 0 Å². The highest BCUT2D eigenvalue weighted by molar-refractivity contribution is 5.97. The molecule has 0 saturated heterocycles. The molecule has 1 aliphatic carbocycles. The van der Waals surface area contributed by atoms with Gasteiger partial charge in [0.1, 0.15) is 5.75 Å². The van der Waals surface area contributed by atoms with Gasteiger partial charge in [0, 0.05) is 6.04 Å². The predicted molar refractivity (Wildman–Crippen MR) is 72.2 cm³/mol. The summed E-state index contributed by atoms with van der Waals surface area (Å²) in [6.45, 7) is 3.97. The summed E-state index contributed by atoms with van der Waals surface area (Å²) in [6.07, 6.45) is 4.63. The lowest BCUT2D eigenvalue weighted by molar-refractivity contribution is 0.0934. The van der Waals surface area contributed by atoms with Crippen LogP contribution in [0.3, 0.4) is 0 Å². The summed E-state index contributed by atoms with van der Waals surface area (Å²) in [5.41, 5.74) is 2.75. The van der Waals surface area contributed by atoms with Crippen molar-refractivity contribution in [2.24, 2.45) is 0 Å². The van der Waals surface area contributed by atoms with Crippen molar-refractivity contribution in [3.63, 3.8) is 0 Å². The Morgan fingerprint density at radius 3 is 2.56 bits per heavy atom. The lowest BCUT2D eigenvalue weighted by atomic mass is 10.0. The van der Waals surface area contributed by atoms with Crippen molar-refractivity contribution in [2.75, 3.05) is 7.11 Å². The van der Waals surface area contributed by atoms with E-state index in [2.05, 4.69) is 5.32 Å². The molecule has 0 heterocycles. The average Bonchev–Trinajstić information content (AvgIpc) is 2.80. The molecule has 3 nitrogen and oxygen atoms in total. The first kappa shape index (κ1) is 12.9. The maximum atomic E-state index is 12.3. The molecular formula is C15H21NO2. The smallest absolute Gasteiger partial charge is 0.255 e. The molecule has 18 heavy (non-hydrogen) atoms. The van der Waals surface area contributed by atoms with E-state index in [1.54, 1.807) is 7.11 Å². The molecule has 1 N–H and O–H groups in total. The maximum absolute atomic E-state index is 12.3.